The van der Waals surface area contributed by atoms with Crippen LogP contribution in [0.2, 0.25) is 0 Å². The third kappa shape index (κ3) is 3.77. The lowest BCUT2D eigenvalue weighted by Crippen LogP contribution is -2.45. The molecule has 2 unspecified atom stereocenters. The number of likely N-dealkylation sites (tertiary alicyclic amines) is 1. The maximum atomic E-state index is 5.93. The Balaban J connectivity index is 2.02. The predicted octanol–water partition coefficient (Wildman–Crippen LogP) is 3.00. The van der Waals surface area contributed by atoms with Crippen LogP contribution in [0.15, 0.2) is 5.38 Å². The van der Waals surface area contributed by atoms with Gasteiger partial charge in [0, 0.05) is 23.4 Å². The molecule has 0 aliphatic carbocycles. The van der Waals surface area contributed by atoms with Crippen molar-refractivity contribution in [2.45, 2.75) is 58.5 Å². The first kappa shape index (κ1) is 14.9. The average molecular weight is 281 g/mol. The van der Waals surface area contributed by atoms with E-state index in [4.69, 9.17) is 10.7 Å². The second kappa shape index (κ2) is 5.90. The molecule has 1 aliphatic heterocycles. The van der Waals surface area contributed by atoms with Crippen LogP contribution in [-0.2, 0) is 12.0 Å². The Bertz CT molecular complexity index is 408. The Morgan fingerprint density at radius 3 is 2.79 bits per heavy atom. The fourth-order valence-corrected chi connectivity index (χ4v) is 3.70. The molecule has 0 radical (unpaired) electrons. The molecular weight excluding hydrogens is 254 g/mol. The molecule has 1 aromatic rings. The number of thiazole rings is 1. The van der Waals surface area contributed by atoms with E-state index in [0.717, 1.165) is 25.6 Å². The summed E-state index contributed by atoms with van der Waals surface area (Å²) in [4.78, 5) is 7.32. The summed E-state index contributed by atoms with van der Waals surface area (Å²) in [5.74, 6) is 0.811. The van der Waals surface area contributed by atoms with E-state index in [-0.39, 0.29) is 5.41 Å². The number of hydrogen-bond donors (Lipinski definition) is 1. The van der Waals surface area contributed by atoms with Crippen LogP contribution in [0.4, 0.5) is 0 Å². The van der Waals surface area contributed by atoms with Gasteiger partial charge in [0.25, 0.3) is 0 Å². The van der Waals surface area contributed by atoms with Crippen molar-refractivity contribution in [2.24, 2.45) is 11.7 Å². The van der Waals surface area contributed by atoms with Gasteiger partial charge in [-0.25, -0.2) is 4.98 Å². The highest BCUT2D eigenvalue weighted by Crippen LogP contribution is 2.27. The van der Waals surface area contributed by atoms with Crippen molar-refractivity contribution < 1.29 is 0 Å². The third-order valence-electron chi connectivity index (χ3n) is 4.03. The van der Waals surface area contributed by atoms with Crippen molar-refractivity contribution in [1.29, 1.82) is 0 Å². The SMILES string of the molecule is CC1CCN(Cc2nc(C(C)(C)C)cs2)C(CN)C1. The lowest BCUT2D eigenvalue weighted by atomic mass is 9.92. The molecule has 2 rings (SSSR count). The molecule has 19 heavy (non-hydrogen) atoms. The topological polar surface area (TPSA) is 42.2 Å². The van der Waals surface area contributed by atoms with Crippen LogP contribution < -0.4 is 5.73 Å². The molecule has 1 fully saturated rings. The van der Waals surface area contributed by atoms with E-state index in [0.29, 0.717) is 6.04 Å². The van der Waals surface area contributed by atoms with Crippen molar-refractivity contribution in [3.63, 3.8) is 0 Å². The van der Waals surface area contributed by atoms with Crippen LogP contribution in [0.25, 0.3) is 0 Å². The fraction of sp³-hybridized carbons (Fsp3) is 0.800. The Hall–Kier alpha value is -0.450. The number of nitrogens with zero attached hydrogens (tertiary/aromatic N) is 2. The number of rotatable bonds is 3. The van der Waals surface area contributed by atoms with Gasteiger partial charge in [0.2, 0.25) is 0 Å². The molecule has 4 heteroatoms. The van der Waals surface area contributed by atoms with Gasteiger partial charge in [0.15, 0.2) is 0 Å². The summed E-state index contributed by atoms with van der Waals surface area (Å²) in [7, 11) is 0. The third-order valence-corrected chi connectivity index (χ3v) is 4.86. The summed E-state index contributed by atoms with van der Waals surface area (Å²) in [5.41, 5.74) is 7.29. The zero-order valence-corrected chi connectivity index (χ0v) is 13.5. The first-order chi connectivity index (χ1) is 8.90. The van der Waals surface area contributed by atoms with Crippen LogP contribution in [0.3, 0.4) is 0 Å². The minimum absolute atomic E-state index is 0.151. The molecule has 108 valence electrons. The highest BCUT2D eigenvalue weighted by Gasteiger charge is 2.26. The normalized spacial score (nSPS) is 25.7. The Morgan fingerprint density at radius 1 is 1.47 bits per heavy atom. The van der Waals surface area contributed by atoms with E-state index in [2.05, 4.69) is 38.0 Å². The lowest BCUT2D eigenvalue weighted by molar-refractivity contribution is 0.115. The Labute approximate surface area is 121 Å². The summed E-state index contributed by atoms with van der Waals surface area (Å²) < 4.78 is 0. The van der Waals surface area contributed by atoms with Gasteiger partial charge >= 0.3 is 0 Å². The molecular formula is C15H27N3S. The van der Waals surface area contributed by atoms with E-state index >= 15 is 0 Å². The molecule has 0 spiro atoms. The van der Waals surface area contributed by atoms with E-state index in [1.807, 2.05) is 0 Å². The van der Waals surface area contributed by atoms with Gasteiger partial charge < -0.3 is 5.73 Å². The zero-order valence-electron chi connectivity index (χ0n) is 12.6. The number of nitrogens with two attached hydrogens (primary N) is 1. The van der Waals surface area contributed by atoms with E-state index in [1.165, 1.54) is 23.5 Å². The highest BCUT2D eigenvalue weighted by molar-refractivity contribution is 7.09. The van der Waals surface area contributed by atoms with Crippen molar-refractivity contribution >= 4 is 11.3 Å². The van der Waals surface area contributed by atoms with Crippen LogP contribution in [0.5, 0.6) is 0 Å². The second-order valence-corrected chi connectivity index (χ2v) is 7.81. The van der Waals surface area contributed by atoms with Crippen LogP contribution in [-0.4, -0.2) is 29.0 Å². The number of hydrogen-bond acceptors (Lipinski definition) is 4. The molecule has 1 saturated heterocycles. The maximum Gasteiger partial charge on any atom is 0.107 e. The average Bonchev–Trinajstić information content (AvgIpc) is 2.79. The van der Waals surface area contributed by atoms with Gasteiger partial charge in [-0.05, 0) is 25.3 Å². The van der Waals surface area contributed by atoms with E-state index < -0.39 is 0 Å². The van der Waals surface area contributed by atoms with Gasteiger partial charge in [0.05, 0.1) is 12.2 Å². The molecule has 1 aliphatic rings. The van der Waals surface area contributed by atoms with Gasteiger partial charge in [-0.3, -0.25) is 4.90 Å². The first-order valence-electron chi connectivity index (χ1n) is 7.29. The van der Waals surface area contributed by atoms with Gasteiger partial charge in [-0.2, -0.15) is 0 Å². The quantitative estimate of drug-likeness (QED) is 0.926. The van der Waals surface area contributed by atoms with Crippen molar-refractivity contribution in [3.8, 4) is 0 Å². The predicted molar refractivity (Wildman–Crippen MR) is 82.5 cm³/mol. The summed E-state index contributed by atoms with van der Waals surface area (Å²) in [6, 6.07) is 0.533. The van der Waals surface area contributed by atoms with Crippen molar-refractivity contribution in [2.75, 3.05) is 13.1 Å². The van der Waals surface area contributed by atoms with E-state index in [1.54, 1.807) is 11.3 Å². The molecule has 1 aromatic heterocycles. The molecule has 2 heterocycles. The first-order valence-corrected chi connectivity index (χ1v) is 8.17. The molecule has 0 saturated carbocycles. The smallest absolute Gasteiger partial charge is 0.107 e. The van der Waals surface area contributed by atoms with Crippen molar-refractivity contribution in [1.82, 2.24) is 9.88 Å². The van der Waals surface area contributed by atoms with E-state index in [9.17, 15) is 0 Å². The summed E-state index contributed by atoms with van der Waals surface area (Å²) in [6.45, 7) is 11.9. The molecule has 3 nitrogen and oxygen atoms in total. The molecule has 2 atom stereocenters. The van der Waals surface area contributed by atoms with Crippen molar-refractivity contribution in [3.05, 3.63) is 16.1 Å². The highest BCUT2D eigenvalue weighted by atomic mass is 32.1. The lowest BCUT2D eigenvalue weighted by Gasteiger charge is -2.37. The second-order valence-electron chi connectivity index (χ2n) is 6.87. The Morgan fingerprint density at radius 2 is 2.21 bits per heavy atom. The van der Waals surface area contributed by atoms with Gasteiger partial charge in [-0.15, -0.1) is 11.3 Å². The number of aromatic nitrogens is 1. The standard InChI is InChI=1S/C15H27N3S/c1-11-5-6-18(12(7-11)8-16)9-14-17-13(10-19-14)15(2,3)4/h10-12H,5-9,16H2,1-4H3. The summed E-state index contributed by atoms with van der Waals surface area (Å²) in [6.07, 6.45) is 2.52. The molecule has 0 amide bonds. The monoisotopic (exact) mass is 281 g/mol. The summed E-state index contributed by atoms with van der Waals surface area (Å²) >= 11 is 1.79. The Kier molecular flexibility index (Phi) is 4.64. The molecule has 0 bridgehead atoms. The minimum atomic E-state index is 0.151. The van der Waals surface area contributed by atoms with Crippen LogP contribution >= 0.6 is 11.3 Å². The van der Waals surface area contributed by atoms with Gasteiger partial charge in [0.1, 0.15) is 5.01 Å². The molecule has 2 N–H and O–H groups in total. The fourth-order valence-electron chi connectivity index (χ4n) is 2.66. The maximum absolute atomic E-state index is 5.93. The zero-order chi connectivity index (χ0) is 14.0. The number of piperidine rings is 1. The van der Waals surface area contributed by atoms with Gasteiger partial charge in [-0.1, -0.05) is 27.7 Å². The molecule has 0 aromatic carbocycles. The largest absolute Gasteiger partial charge is 0.329 e. The summed E-state index contributed by atoms with van der Waals surface area (Å²) in [5, 5.41) is 3.44. The van der Waals surface area contributed by atoms with Crippen LogP contribution in [0.1, 0.15) is 51.2 Å². The van der Waals surface area contributed by atoms with Crippen LogP contribution in [0, 0.1) is 5.92 Å². The minimum Gasteiger partial charge on any atom is -0.329 e.